The lowest BCUT2D eigenvalue weighted by molar-refractivity contribution is 0.358. The number of para-hydroxylation sites is 1. The molecule has 1 saturated heterocycles. The summed E-state index contributed by atoms with van der Waals surface area (Å²) in [5.74, 6) is 0. The fraction of sp³-hybridized carbons (Fsp3) is 0.571. The number of nitrogens with two attached hydrogens (primary N) is 1. The highest BCUT2D eigenvalue weighted by Gasteiger charge is 2.42. The van der Waals surface area contributed by atoms with Crippen LogP contribution < -0.4 is 10.6 Å². The molecule has 1 atom stereocenters. The summed E-state index contributed by atoms with van der Waals surface area (Å²) in [5.41, 5.74) is 9.16. The zero-order chi connectivity index (χ0) is 11.9. The molecule has 2 aliphatic heterocycles. The van der Waals surface area contributed by atoms with E-state index in [1.165, 1.54) is 24.1 Å². The van der Waals surface area contributed by atoms with Gasteiger partial charge in [-0.15, -0.1) is 0 Å². The molecule has 2 aliphatic rings. The number of nitrogens with zero attached hydrogens (tertiary/aromatic N) is 2. The zero-order valence-electron chi connectivity index (χ0n) is 10.5. The average Bonchev–Trinajstić information content (AvgIpc) is 2.93. The molecule has 92 valence electrons. The standard InChI is InChI=1S/C14H21N3/c1-16-9-7-14(10-15,11-16)17-8-6-12-4-2-3-5-13(12)17/h2-5H,6-11,15H2,1H3. The lowest BCUT2D eigenvalue weighted by Crippen LogP contribution is -2.55. The first-order valence-electron chi connectivity index (χ1n) is 6.49. The molecule has 3 heteroatoms. The third-order valence-electron chi connectivity index (χ3n) is 4.36. The van der Waals surface area contributed by atoms with E-state index in [-0.39, 0.29) is 5.54 Å². The highest BCUT2D eigenvalue weighted by molar-refractivity contribution is 5.60. The van der Waals surface area contributed by atoms with E-state index in [2.05, 4.69) is 41.1 Å². The Bertz CT molecular complexity index is 418. The second-order valence-corrected chi connectivity index (χ2v) is 5.45. The topological polar surface area (TPSA) is 32.5 Å². The number of anilines is 1. The quantitative estimate of drug-likeness (QED) is 0.827. The molecule has 0 radical (unpaired) electrons. The maximum atomic E-state index is 6.10. The number of likely N-dealkylation sites (N-methyl/N-ethyl adjacent to an activating group) is 1. The minimum Gasteiger partial charge on any atom is -0.363 e. The van der Waals surface area contributed by atoms with Gasteiger partial charge in [-0.1, -0.05) is 18.2 Å². The zero-order valence-corrected chi connectivity index (χ0v) is 10.5. The molecule has 0 aromatic heterocycles. The number of fused-ring (bicyclic) bond motifs is 1. The SMILES string of the molecule is CN1CCC(CN)(N2CCc3ccccc32)C1. The van der Waals surface area contributed by atoms with Gasteiger partial charge in [0, 0.05) is 31.9 Å². The molecule has 3 nitrogen and oxygen atoms in total. The van der Waals surface area contributed by atoms with Gasteiger partial charge in [-0.05, 0) is 31.5 Å². The van der Waals surface area contributed by atoms with Gasteiger partial charge >= 0.3 is 0 Å². The van der Waals surface area contributed by atoms with Gasteiger partial charge < -0.3 is 15.5 Å². The van der Waals surface area contributed by atoms with Gasteiger partial charge in [0.15, 0.2) is 0 Å². The van der Waals surface area contributed by atoms with Crippen LogP contribution in [-0.2, 0) is 6.42 Å². The number of benzene rings is 1. The Kier molecular flexibility index (Phi) is 2.60. The van der Waals surface area contributed by atoms with Gasteiger partial charge in [0.05, 0.1) is 5.54 Å². The Morgan fingerprint density at radius 3 is 2.82 bits per heavy atom. The second-order valence-electron chi connectivity index (χ2n) is 5.45. The highest BCUT2D eigenvalue weighted by Crippen LogP contribution is 2.37. The Morgan fingerprint density at radius 2 is 2.12 bits per heavy atom. The van der Waals surface area contributed by atoms with Gasteiger partial charge in [-0.3, -0.25) is 0 Å². The van der Waals surface area contributed by atoms with Crippen molar-refractivity contribution >= 4 is 5.69 Å². The summed E-state index contributed by atoms with van der Waals surface area (Å²) in [4.78, 5) is 4.96. The van der Waals surface area contributed by atoms with Crippen LogP contribution in [0.15, 0.2) is 24.3 Å². The third kappa shape index (κ3) is 1.65. The monoisotopic (exact) mass is 231 g/mol. The van der Waals surface area contributed by atoms with Crippen LogP contribution in [0.4, 0.5) is 5.69 Å². The summed E-state index contributed by atoms with van der Waals surface area (Å²) in [6, 6.07) is 8.77. The summed E-state index contributed by atoms with van der Waals surface area (Å²) in [7, 11) is 2.19. The predicted octanol–water partition coefficient (Wildman–Crippen LogP) is 1.08. The molecule has 1 fully saturated rings. The summed E-state index contributed by atoms with van der Waals surface area (Å²) >= 11 is 0. The first-order valence-corrected chi connectivity index (χ1v) is 6.49. The third-order valence-corrected chi connectivity index (χ3v) is 4.36. The van der Waals surface area contributed by atoms with Crippen LogP contribution in [0.1, 0.15) is 12.0 Å². The van der Waals surface area contributed by atoms with Crippen LogP contribution in [-0.4, -0.2) is 43.7 Å². The lowest BCUT2D eigenvalue weighted by Gasteiger charge is -2.40. The van der Waals surface area contributed by atoms with Crippen molar-refractivity contribution in [3.63, 3.8) is 0 Å². The summed E-state index contributed by atoms with van der Waals surface area (Å²) in [6.07, 6.45) is 2.36. The molecule has 1 unspecified atom stereocenters. The van der Waals surface area contributed by atoms with E-state index in [0.717, 1.165) is 26.2 Å². The molecule has 0 aliphatic carbocycles. The van der Waals surface area contributed by atoms with Crippen molar-refractivity contribution in [1.29, 1.82) is 0 Å². The highest BCUT2D eigenvalue weighted by atomic mass is 15.3. The van der Waals surface area contributed by atoms with Crippen molar-refractivity contribution < 1.29 is 0 Å². The van der Waals surface area contributed by atoms with Crippen LogP contribution in [0.5, 0.6) is 0 Å². The maximum Gasteiger partial charge on any atom is 0.0662 e. The Balaban J connectivity index is 1.95. The van der Waals surface area contributed by atoms with Crippen molar-refractivity contribution in [3.05, 3.63) is 29.8 Å². The van der Waals surface area contributed by atoms with Crippen molar-refractivity contribution in [2.45, 2.75) is 18.4 Å². The lowest BCUT2D eigenvalue weighted by atomic mass is 9.96. The molecule has 1 aromatic rings. The summed E-state index contributed by atoms with van der Waals surface area (Å²) < 4.78 is 0. The number of likely N-dealkylation sites (tertiary alicyclic amines) is 1. The smallest absolute Gasteiger partial charge is 0.0662 e. The fourth-order valence-corrected chi connectivity index (χ4v) is 3.39. The minimum absolute atomic E-state index is 0.168. The Hall–Kier alpha value is -1.06. The largest absolute Gasteiger partial charge is 0.363 e. The predicted molar refractivity (Wildman–Crippen MR) is 71.4 cm³/mol. The van der Waals surface area contributed by atoms with E-state index in [1.54, 1.807) is 0 Å². The molecule has 0 spiro atoms. The summed E-state index contributed by atoms with van der Waals surface area (Å²) in [5, 5.41) is 0. The van der Waals surface area contributed by atoms with E-state index in [9.17, 15) is 0 Å². The van der Waals surface area contributed by atoms with Crippen molar-refractivity contribution in [2.24, 2.45) is 5.73 Å². The average molecular weight is 231 g/mol. The number of hydrogen-bond donors (Lipinski definition) is 1. The molecule has 1 aromatic carbocycles. The van der Waals surface area contributed by atoms with E-state index in [4.69, 9.17) is 5.73 Å². The Morgan fingerprint density at radius 1 is 1.29 bits per heavy atom. The number of rotatable bonds is 2. The maximum absolute atomic E-state index is 6.10. The van der Waals surface area contributed by atoms with Crippen LogP contribution in [0.25, 0.3) is 0 Å². The van der Waals surface area contributed by atoms with E-state index in [0.29, 0.717) is 0 Å². The molecule has 0 amide bonds. The van der Waals surface area contributed by atoms with Gasteiger partial charge in [-0.25, -0.2) is 0 Å². The molecule has 0 saturated carbocycles. The number of hydrogen-bond acceptors (Lipinski definition) is 3. The molecular formula is C14H21N3. The van der Waals surface area contributed by atoms with Crippen molar-refractivity contribution in [2.75, 3.05) is 38.1 Å². The normalized spacial score (nSPS) is 28.7. The second kappa shape index (κ2) is 4.00. The van der Waals surface area contributed by atoms with Crippen LogP contribution in [0.3, 0.4) is 0 Å². The van der Waals surface area contributed by atoms with E-state index in [1.807, 2.05) is 0 Å². The van der Waals surface area contributed by atoms with Crippen LogP contribution in [0.2, 0.25) is 0 Å². The van der Waals surface area contributed by atoms with Gasteiger partial charge in [0.1, 0.15) is 0 Å². The van der Waals surface area contributed by atoms with E-state index >= 15 is 0 Å². The molecule has 17 heavy (non-hydrogen) atoms. The molecule has 2 heterocycles. The van der Waals surface area contributed by atoms with Gasteiger partial charge in [0.2, 0.25) is 0 Å². The molecular weight excluding hydrogens is 210 g/mol. The first-order chi connectivity index (χ1) is 8.25. The molecule has 0 bridgehead atoms. The van der Waals surface area contributed by atoms with E-state index < -0.39 is 0 Å². The Labute approximate surface area is 103 Å². The minimum atomic E-state index is 0.168. The van der Waals surface area contributed by atoms with Gasteiger partial charge in [0.25, 0.3) is 0 Å². The van der Waals surface area contributed by atoms with Crippen LogP contribution >= 0.6 is 0 Å². The van der Waals surface area contributed by atoms with Crippen molar-refractivity contribution in [1.82, 2.24) is 4.90 Å². The fourth-order valence-electron chi connectivity index (χ4n) is 3.39. The van der Waals surface area contributed by atoms with Gasteiger partial charge in [-0.2, -0.15) is 0 Å². The molecule has 3 rings (SSSR count). The van der Waals surface area contributed by atoms with Crippen LogP contribution in [0, 0.1) is 0 Å². The van der Waals surface area contributed by atoms with Crippen molar-refractivity contribution in [3.8, 4) is 0 Å². The first kappa shape index (κ1) is 11.1. The summed E-state index contributed by atoms with van der Waals surface area (Å²) in [6.45, 7) is 4.14. The molecule has 2 N–H and O–H groups in total.